The van der Waals surface area contributed by atoms with Crippen LogP contribution in [0.1, 0.15) is 16.2 Å². The minimum absolute atomic E-state index is 0.225. The third-order valence-electron chi connectivity index (χ3n) is 3.24. The maximum Gasteiger partial charge on any atom is 0.293 e. The first-order valence-electron chi connectivity index (χ1n) is 6.52. The second-order valence-corrected chi connectivity index (χ2v) is 4.61. The van der Waals surface area contributed by atoms with E-state index in [-0.39, 0.29) is 11.7 Å². The summed E-state index contributed by atoms with van der Waals surface area (Å²) in [5.74, 6) is 0.286. The van der Waals surface area contributed by atoms with Crippen LogP contribution in [0, 0.1) is 11.3 Å². The number of nitrogens with one attached hydrogen (secondary N) is 2. The molecule has 1 aromatic carbocycles. The molecule has 1 amide bonds. The highest BCUT2D eigenvalue weighted by Gasteiger charge is 2.13. The number of aromatic amines is 1. The van der Waals surface area contributed by atoms with E-state index in [1.165, 1.54) is 6.20 Å². The van der Waals surface area contributed by atoms with Gasteiger partial charge in [-0.25, -0.2) is 9.97 Å². The van der Waals surface area contributed by atoms with Crippen LogP contribution in [0.4, 0.5) is 5.95 Å². The van der Waals surface area contributed by atoms with Crippen molar-refractivity contribution in [3.05, 3.63) is 54.2 Å². The van der Waals surface area contributed by atoms with Gasteiger partial charge in [-0.05, 0) is 17.7 Å². The molecule has 0 saturated carbocycles. The topological polar surface area (TPSA) is 99.4 Å². The Morgan fingerprint density at radius 3 is 2.73 bits per heavy atom. The highest BCUT2D eigenvalue weighted by Crippen LogP contribution is 2.22. The fraction of sp³-hybridized carbons (Fsp3) is 0.0667. The summed E-state index contributed by atoms with van der Waals surface area (Å²) in [6.45, 7) is 0. The van der Waals surface area contributed by atoms with Gasteiger partial charge in [-0.15, -0.1) is 0 Å². The number of hydrogen-bond donors (Lipinski definition) is 2. The van der Waals surface area contributed by atoms with Crippen LogP contribution in [0.3, 0.4) is 0 Å². The molecule has 2 heterocycles. The standard InChI is InChI=1S/C15H12N6O/c1-21-12(11-4-2-10(8-16)3-5-11)9-19-15(21)20-14(22)13-17-6-7-18-13/h2-7,9H,1H3,(H,17,18)(H,19,20,22). The fourth-order valence-electron chi connectivity index (χ4n) is 2.06. The summed E-state index contributed by atoms with van der Waals surface area (Å²) in [4.78, 5) is 22.8. The van der Waals surface area contributed by atoms with Crippen molar-refractivity contribution in [2.24, 2.45) is 7.05 Å². The van der Waals surface area contributed by atoms with Gasteiger partial charge in [-0.2, -0.15) is 5.26 Å². The van der Waals surface area contributed by atoms with Gasteiger partial charge >= 0.3 is 0 Å². The lowest BCUT2D eigenvalue weighted by Gasteiger charge is -2.06. The predicted molar refractivity (Wildman–Crippen MR) is 79.9 cm³/mol. The van der Waals surface area contributed by atoms with Gasteiger partial charge in [-0.3, -0.25) is 10.1 Å². The number of nitrogens with zero attached hydrogens (tertiary/aromatic N) is 4. The summed E-state index contributed by atoms with van der Waals surface area (Å²) in [5, 5.41) is 11.5. The average Bonchev–Trinajstić information content (AvgIpc) is 3.19. The molecule has 0 saturated heterocycles. The molecule has 7 nitrogen and oxygen atoms in total. The molecular formula is C15H12N6O. The molecule has 108 valence electrons. The normalized spacial score (nSPS) is 10.2. The summed E-state index contributed by atoms with van der Waals surface area (Å²) in [5.41, 5.74) is 2.34. The molecule has 0 spiro atoms. The molecule has 2 N–H and O–H groups in total. The molecule has 0 radical (unpaired) electrons. The Hall–Kier alpha value is -3.40. The van der Waals surface area contributed by atoms with E-state index in [9.17, 15) is 4.79 Å². The van der Waals surface area contributed by atoms with Crippen LogP contribution in [0.2, 0.25) is 0 Å². The molecule has 0 atom stereocenters. The molecule has 0 bridgehead atoms. The maximum atomic E-state index is 12.0. The minimum atomic E-state index is -0.356. The summed E-state index contributed by atoms with van der Waals surface area (Å²) in [7, 11) is 1.80. The third kappa shape index (κ3) is 2.45. The summed E-state index contributed by atoms with van der Waals surface area (Å²) in [6, 6.07) is 9.24. The average molecular weight is 292 g/mol. The number of H-pyrrole nitrogens is 1. The summed E-state index contributed by atoms with van der Waals surface area (Å²) in [6.07, 6.45) is 4.75. The van der Waals surface area contributed by atoms with Crippen molar-refractivity contribution in [1.82, 2.24) is 19.5 Å². The van der Waals surface area contributed by atoms with E-state index in [1.807, 2.05) is 12.1 Å². The van der Waals surface area contributed by atoms with Gasteiger partial charge in [0.15, 0.2) is 5.82 Å². The second-order valence-electron chi connectivity index (χ2n) is 4.61. The lowest BCUT2D eigenvalue weighted by atomic mass is 10.1. The van der Waals surface area contributed by atoms with Gasteiger partial charge in [-0.1, -0.05) is 12.1 Å². The van der Waals surface area contributed by atoms with E-state index in [0.29, 0.717) is 11.5 Å². The second kappa shape index (κ2) is 5.54. The number of rotatable bonds is 3. The number of benzene rings is 1. The number of carbonyl (C=O) groups is 1. The first-order chi connectivity index (χ1) is 10.7. The van der Waals surface area contributed by atoms with Gasteiger partial charge in [0.2, 0.25) is 5.95 Å². The lowest BCUT2D eigenvalue weighted by Crippen LogP contribution is -2.16. The Kier molecular flexibility index (Phi) is 3.42. The fourth-order valence-corrected chi connectivity index (χ4v) is 2.06. The van der Waals surface area contributed by atoms with Crippen LogP contribution in [0.15, 0.2) is 42.9 Å². The van der Waals surface area contributed by atoms with Gasteiger partial charge < -0.3 is 9.55 Å². The van der Waals surface area contributed by atoms with Crippen molar-refractivity contribution in [1.29, 1.82) is 5.26 Å². The van der Waals surface area contributed by atoms with Gasteiger partial charge in [0.1, 0.15) is 0 Å². The molecule has 3 rings (SSSR count). The Morgan fingerprint density at radius 1 is 1.32 bits per heavy atom. The van der Waals surface area contributed by atoms with Crippen molar-refractivity contribution in [2.45, 2.75) is 0 Å². The van der Waals surface area contributed by atoms with Crippen molar-refractivity contribution >= 4 is 11.9 Å². The highest BCUT2D eigenvalue weighted by atomic mass is 16.2. The number of hydrogen-bond acceptors (Lipinski definition) is 4. The van der Waals surface area contributed by atoms with E-state index in [4.69, 9.17) is 5.26 Å². The van der Waals surface area contributed by atoms with Gasteiger partial charge in [0.05, 0.1) is 23.5 Å². The van der Waals surface area contributed by atoms with Crippen LogP contribution in [0.5, 0.6) is 0 Å². The van der Waals surface area contributed by atoms with E-state index in [2.05, 4.69) is 26.3 Å². The molecule has 22 heavy (non-hydrogen) atoms. The zero-order valence-corrected chi connectivity index (χ0v) is 11.7. The molecule has 0 aliphatic carbocycles. The van der Waals surface area contributed by atoms with Crippen molar-refractivity contribution in [3.8, 4) is 17.3 Å². The van der Waals surface area contributed by atoms with Gasteiger partial charge in [0.25, 0.3) is 5.91 Å². The highest BCUT2D eigenvalue weighted by molar-refractivity contribution is 6.00. The number of carbonyl (C=O) groups excluding carboxylic acids is 1. The molecule has 7 heteroatoms. The SMILES string of the molecule is Cn1c(-c2ccc(C#N)cc2)cnc1NC(=O)c1ncc[nH]1. The van der Waals surface area contributed by atoms with E-state index >= 15 is 0 Å². The zero-order valence-electron chi connectivity index (χ0n) is 11.7. The van der Waals surface area contributed by atoms with Crippen LogP contribution in [-0.4, -0.2) is 25.4 Å². The van der Waals surface area contributed by atoms with Crippen molar-refractivity contribution in [3.63, 3.8) is 0 Å². The Labute approximate surface area is 126 Å². The molecule has 0 aliphatic heterocycles. The van der Waals surface area contributed by atoms with E-state index in [0.717, 1.165) is 11.3 Å². The number of nitriles is 1. The first kappa shape index (κ1) is 13.6. The first-order valence-corrected chi connectivity index (χ1v) is 6.52. The van der Waals surface area contributed by atoms with E-state index in [1.54, 1.807) is 36.1 Å². The number of aromatic nitrogens is 4. The van der Waals surface area contributed by atoms with Gasteiger partial charge in [0, 0.05) is 19.4 Å². The van der Waals surface area contributed by atoms with Crippen molar-refractivity contribution < 1.29 is 4.79 Å². The van der Waals surface area contributed by atoms with E-state index < -0.39 is 0 Å². The molecule has 0 unspecified atom stereocenters. The molecule has 0 aliphatic rings. The van der Waals surface area contributed by atoms with Crippen LogP contribution >= 0.6 is 0 Å². The number of imidazole rings is 2. The maximum absolute atomic E-state index is 12.0. The van der Waals surface area contributed by atoms with Crippen LogP contribution in [0.25, 0.3) is 11.3 Å². The zero-order chi connectivity index (χ0) is 15.5. The quantitative estimate of drug-likeness (QED) is 0.770. The minimum Gasteiger partial charge on any atom is -0.341 e. The van der Waals surface area contributed by atoms with Crippen LogP contribution < -0.4 is 5.32 Å². The predicted octanol–water partition coefficient (Wildman–Crippen LogP) is 1.93. The smallest absolute Gasteiger partial charge is 0.293 e. The molecular weight excluding hydrogens is 280 g/mol. The number of amides is 1. The molecule has 0 fully saturated rings. The van der Waals surface area contributed by atoms with Crippen LogP contribution in [-0.2, 0) is 7.05 Å². The van der Waals surface area contributed by atoms with Crippen molar-refractivity contribution in [2.75, 3.05) is 5.32 Å². The Balaban J connectivity index is 1.85. The summed E-state index contributed by atoms with van der Waals surface area (Å²) >= 11 is 0. The molecule has 3 aromatic rings. The Bertz CT molecular complexity index is 839. The third-order valence-corrected chi connectivity index (χ3v) is 3.24. The monoisotopic (exact) mass is 292 g/mol. The largest absolute Gasteiger partial charge is 0.341 e. The number of anilines is 1. The lowest BCUT2D eigenvalue weighted by molar-refractivity contribution is 0.101. The Morgan fingerprint density at radius 2 is 2.09 bits per heavy atom. The summed E-state index contributed by atoms with van der Waals surface area (Å²) < 4.78 is 1.77. The molecule has 2 aromatic heterocycles.